The van der Waals surface area contributed by atoms with Gasteiger partial charge in [0.05, 0.1) is 11.5 Å². The van der Waals surface area contributed by atoms with Crippen LogP contribution in [0.15, 0.2) is 0 Å². The smallest absolute Gasteiger partial charge is 0.223 e. The van der Waals surface area contributed by atoms with Crippen LogP contribution in [0.3, 0.4) is 0 Å². The molecule has 0 aromatic heterocycles. The molecule has 1 saturated heterocycles. The summed E-state index contributed by atoms with van der Waals surface area (Å²) >= 11 is 0. The topological polar surface area (TPSA) is 92.3 Å². The zero-order chi connectivity index (χ0) is 15.7. The number of hydrogen-bond acceptors (Lipinski definition) is 4. The molecular weight excluding hydrogens is 304 g/mol. The van der Waals surface area contributed by atoms with E-state index in [0.29, 0.717) is 25.3 Å². The van der Waals surface area contributed by atoms with Crippen LogP contribution in [0.1, 0.15) is 44.9 Å². The fourth-order valence-electron chi connectivity index (χ4n) is 3.39. The van der Waals surface area contributed by atoms with Gasteiger partial charge in [0.15, 0.2) is 9.84 Å². The Kier molecular flexibility index (Phi) is 4.43. The molecule has 124 valence electrons. The van der Waals surface area contributed by atoms with E-state index in [1.165, 1.54) is 0 Å². The maximum absolute atomic E-state index is 12.2. The number of carbonyl (C=O) groups is 2. The van der Waals surface area contributed by atoms with Crippen molar-refractivity contribution < 1.29 is 18.0 Å². The third-order valence-corrected chi connectivity index (χ3v) is 6.74. The van der Waals surface area contributed by atoms with E-state index in [1.807, 2.05) is 0 Å². The van der Waals surface area contributed by atoms with Crippen molar-refractivity contribution in [1.82, 2.24) is 10.6 Å². The van der Waals surface area contributed by atoms with Gasteiger partial charge in [-0.1, -0.05) is 0 Å². The van der Waals surface area contributed by atoms with Crippen LogP contribution in [-0.4, -0.2) is 43.8 Å². The van der Waals surface area contributed by atoms with E-state index in [9.17, 15) is 18.0 Å². The minimum atomic E-state index is -2.97. The molecule has 1 aliphatic heterocycles. The molecule has 1 heterocycles. The van der Waals surface area contributed by atoms with E-state index in [-0.39, 0.29) is 41.2 Å². The van der Waals surface area contributed by atoms with Crippen LogP contribution in [0.2, 0.25) is 0 Å². The molecule has 2 N–H and O–H groups in total. The predicted octanol–water partition coefficient (Wildman–Crippen LogP) is 0.375. The van der Waals surface area contributed by atoms with Crippen LogP contribution >= 0.6 is 0 Å². The second-order valence-electron chi connectivity index (χ2n) is 6.94. The van der Waals surface area contributed by atoms with E-state index < -0.39 is 9.84 Å². The van der Waals surface area contributed by atoms with Crippen molar-refractivity contribution in [3.8, 4) is 0 Å². The summed E-state index contributed by atoms with van der Waals surface area (Å²) < 4.78 is 22.8. The van der Waals surface area contributed by atoms with Crippen LogP contribution in [0.25, 0.3) is 0 Å². The first-order valence-corrected chi connectivity index (χ1v) is 10.1. The van der Waals surface area contributed by atoms with E-state index in [2.05, 4.69) is 10.6 Å². The van der Waals surface area contributed by atoms with Gasteiger partial charge in [-0.15, -0.1) is 0 Å². The molecule has 2 aliphatic carbocycles. The Morgan fingerprint density at radius 2 is 1.23 bits per heavy atom. The fourth-order valence-corrected chi connectivity index (χ4v) is 5.07. The van der Waals surface area contributed by atoms with Crippen LogP contribution in [-0.2, 0) is 19.4 Å². The molecule has 3 rings (SSSR count). The molecule has 2 amide bonds. The molecule has 7 heteroatoms. The number of amides is 2. The van der Waals surface area contributed by atoms with Crippen molar-refractivity contribution in [1.29, 1.82) is 0 Å². The molecule has 0 aromatic carbocycles. The zero-order valence-electron chi connectivity index (χ0n) is 12.7. The van der Waals surface area contributed by atoms with Gasteiger partial charge in [0, 0.05) is 23.9 Å². The predicted molar refractivity (Wildman–Crippen MR) is 81.8 cm³/mol. The molecule has 0 radical (unpaired) electrons. The standard InChI is InChI=1S/C15H24N2O4S/c18-14(16-12-5-6-12)10-1-3-11(4-2-10)15(19)17-13-7-8-22(20,21)9-13/h10-13H,1-9H2,(H,16,18)(H,17,19). The van der Waals surface area contributed by atoms with Gasteiger partial charge in [-0.3, -0.25) is 9.59 Å². The van der Waals surface area contributed by atoms with Crippen molar-refractivity contribution in [3.05, 3.63) is 0 Å². The first-order valence-electron chi connectivity index (χ1n) is 8.24. The molecule has 2 saturated carbocycles. The molecular formula is C15H24N2O4S. The van der Waals surface area contributed by atoms with Crippen LogP contribution < -0.4 is 10.6 Å². The lowest BCUT2D eigenvalue weighted by Crippen LogP contribution is -2.42. The molecule has 1 atom stereocenters. The Morgan fingerprint density at radius 1 is 0.727 bits per heavy atom. The number of hydrogen-bond donors (Lipinski definition) is 2. The Balaban J connectivity index is 1.42. The maximum Gasteiger partial charge on any atom is 0.223 e. The quantitative estimate of drug-likeness (QED) is 0.780. The minimum absolute atomic E-state index is 0.0384. The first kappa shape index (κ1) is 15.8. The molecule has 6 nitrogen and oxygen atoms in total. The number of rotatable bonds is 4. The van der Waals surface area contributed by atoms with Crippen molar-refractivity contribution in [2.75, 3.05) is 11.5 Å². The fraction of sp³-hybridized carbons (Fsp3) is 0.867. The lowest BCUT2D eigenvalue weighted by Gasteiger charge is -2.27. The number of sulfone groups is 1. The molecule has 1 unspecified atom stereocenters. The zero-order valence-corrected chi connectivity index (χ0v) is 13.5. The highest BCUT2D eigenvalue weighted by Crippen LogP contribution is 2.30. The van der Waals surface area contributed by atoms with Crippen LogP contribution in [0.5, 0.6) is 0 Å². The van der Waals surface area contributed by atoms with E-state index in [0.717, 1.165) is 25.7 Å². The highest BCUT2D eigenvalue weighted by atomic mass is 32.2. The van der Waals surface area contributed by atoms with Gasteiger partial charge in [-0.05, 0) is 44.9 Å². The van der Waals surface area contributed by atoms with Gasteiger partial charge in [0.2, 0.25) is 11.8 Å². The van der Waals surface area contributed by atoms with E-state index >= 15 is 0 Å². The number of nitrogens with one attached hydrogen (secondary N) is 2. The third-order valence-electron chi connectivity index (χ3n) is 4.97. The minimum Gasteiger partial charge on any atom is -0.353 e. The first-order chi connectivity index (χ1) is 10.4. The van der Waals surface area contributed by atoms with Gasteiger partial charge >= 0.3 is 0 Å². The normalized spacial score (nSPS) is 34.1. The largest absolute Gasteiger partial charge is 0.353 e. The maximum atomic E-state index is 12.2. The van der Waals surface area contributed by atoms with Crippen molar-refractivity contribution >= 4 is 21.7 Å². The Labute approximate surface area is 131 Å². The highest BCUT2D eigenvalue weighted by molar-refractivity contribution is 7.91. The lowest BCUT2D eigenvalue weighted by molar-refractivity contribution is -0.130. The summed E-state index contributed by atoms with van der Waals surface area (Å²) in [5, 5.41) is 5.90. The molecule has 3 fully saturated rings. The van der Waals surface area contributed by atoms with Crippen LogP contribution in [0, 0.1) is 11.8 Å². The van der Waals surface area contributed by atoms with Crippen molar-refractivity contribution in [2.45, 2.75) is 57.0 Å². The summed E-state index contributed by atoms with van der Waals surface area (Å²) in [5.74, 6) is 0.306. The van der Waals surface area contributed by atoms with Gasteiger partial charge in [0.1, 0.15) is 0 Å². The molecule has 0 aromatic rings. The summed E-state index contributed by atoms with van der Waals surface area (Å²) in [6.45, 7) is 0. The highest BCUT2D eigenvalue weighted by Gasteiger charge is 2.34. The second kappa shape index (κ2) is 6.18. The molecule has 0 bridgehead atoms. The molecule has 0 spiro atoms. The summed E-state index contributed by atoms with van der Waals surface area (Å²) in [6.07, 6.45) is 5.64. The van der Waals surface area contributed by atoms with Crippen molar-refractivity contribution in [3.63, 3.8) is 0 Å². The SMILES string of the molecule is O=C(NC1CC1)C1CCC(C(=O)NC2CCS(=O)(=O)C2)CC1. The Bertz CT molecular complexity index is 548. The number of carbonyl (C=O) groups excluding carboxylic acids is 2. The second-order valence-corrected chi connectivity index (χ2v) is 9.17. The molecule has 3 aliphatic rings. The van der Waals surface area contributed by atoms with Gasteiger partial charge in [-0.2, -0.15) is 0 Å². The summed E-state index contributed by atoms with van der Waals surface area (Å²) in [5.41, 5.74) is 0. The van der Waals surface area contributed by atoms with E-state index in [4.69, 9.17) is 0 Å². The Morgan fingerprint density at radius 3 is 1.64 bits per heavy atom. The lowest BCUT2D eigenvalue weighted by atomic mass is 9.81. The van der Waals surface area contributed by atoms with Crippen molar-refractivity contribution in [2.24, 2.45) is 11.8 Å². The third kappa shape index (κ3) is 4.00. The summed E-state index contributed by atoms with van der Waals surface area (Å²) in [6, 6.07) is 0.159. The average Bonchev–Trinajstić information content (AvgIpc) is 3.22. The van der Waals surface area contributed by atoms with Gasteiger partial charge in [0.25, 0.3) is 0 Å². The van der Waals surface area contributed by atoms with E-state index in [1.54, 1.807) is 0 Å². The summed E-state index contributed by atoms with van der Waals surface area (Å²) in [4.78, 5) is 24.2. The molecule has 22 heavy (non-hydrogen) atoms. The Hall–Kier alpha value is -1.11. The monoisotopic (exact) mass is 328 g/mol. The van der Waals surface area contributed by atoms with Crippen LogP contribution in [0.4, 0.5) is 0 Å². The van der Waals surface area contributed by atoms with Gasteiger partial charge < -0.3 is 10.6 Å². The average molecular weight is 328 g/mol. The van der Waals surface area contributed by atoms with Gasteiger partial charge in [-0.25, -0.2) is 8.42 Å². The summed E-state index contributed by atoms with van der Waals surface area (Å²) in [7, 11) is -2.97.